The molecule has 12 rings (SSSR count). The van der Waals surface area contributed by atoms with E-state index in [4.69, 9.17) is 23.2 Å². The SMILES string of the molecule is Clc1cccc(-c2cccc(-c3c(-c4ccccc4)c4ccccc4c4ccccc34)c2)c1.Clc1cccc(-c2cccc(Br)c2)c1.I.OB(O)c1c(-c2ccccc2)c2ccccc2c2ccccc12.[HH]. The molecule has 0 spiro atoms. The lowest BCUT2D eigenvalue weighted by atomic mass is 9.71. The monoisotopic (exact) mass is 1130 g/mol. The molecule has 0 saturated carbocycles. The average Bonchev–Trinajstić information content (AvgIpc) is 3.41. The molecule has 0 atom stereocenters. The van der Waals surface area contributed by atoms with Crippen molar-refractivity contribution in [3.8, 4) is 55.6 Å². The van der Waals surface area contributed by atoms with Crippen molar-refractivity contribution in [1.29, 1.82) is 0 Å². The van der Waals surface area contributed by atoms with Crippen LogP contribution in [-0.4, -0.2) is 17.2 Å². The highest BCUT2D eigenvalue weighted by Crippen LogP contribution is 2.45. The fraction of sp³-hybridized carbons (Fsp3) is 0. The van der Waals surface area contributed by atoms with E-state index >= 15 is 0 Å². The minimum Gasteiger partial charge on any atom is -0.423 e. The molecule has 0 saturated heterocycles. The summed E-state index contributed by atoms with van der Waals surface area (Å²) in [6, 6.07) is 87.0. The molecule has 71 heavy (non-hydrogen) atoms. The van der Waals surface area contributed by atoms with Crippen LogP contribution in [0.5, 0.6) is 0 Å². The standard InChI is InChI=1S/C32H21Cl.C20H15BO2.C12H8BrCl.HI.H2/c33-26-15-9-13-24(21-26)23-12-8-14-25(20-23)32-30-19-7-5-17-28(30)27-16-4-6-18-29(27)31(32)22-10-2-1-3-11-22;22-21(23)20-18-13-7-5-11-16(18)15-10-4-6-12-17(15)19(20)14-8-2-1-3-9-14;13-11-5-1-3-9(7-11)10-4-2-6-12(14)8-10;;/h1-21H;1-13,22-23H;1-8H;2*1H. The first kappa shape index (κ1) is 49.4. The summed E-state index contributed by atoms with van der Waals surface area (Å²) >= 11 is 15.7. The molecule has 2 N–H and O–H groups in total. The van der Waals surface area contributed by atoms with Gasteiger partial charge in [-0.2, -0.15) is 0 Å². The summed E-state index contributed by atoms with van der Waals surface area (Å²) in [4.78, 5) is 0. The smallest absolute Gasteiger partial charge is 0.423 e. The van der Waals surface area contributed by atoms with Gasteiger partial charge >= 0.3 is 7.12 Å². The molecule has 2 nitrogen and oxygen atoms in total. The fourth-order valence-electron chi connectivity index (χ4n) is 9.56. The molecule has 0 aliphatic rings. The summed E-state index contributed by atoms with van der Waals surface area (Å²) in [5, 5.41) is 30.8. The molecule has 7 heteroatoms. The molecule has 12 aromatic rings. The third kappa shape index (κ3) is 10.7. The van der Waals surface area contributed by atoms with Crippen molar-refractivity contribution in [3.63, 3.8) is 0 Å². The van der Waals surface area contributed by atoms with Crippen LogP contribution in [0.2, 0.25) is 10.0 Å². The van der Waals surface area contributed by atoms with Crippen molar-refractivity contribution >= 4 is 119 Å². The molecule has 0 unspecified atom stereocenters. The minimum absolute atomic E-state index is 0. The zero-order valence-electron chi connectivity index (χ0n) is 38.3. The Labute approximate surface area is 451 Å². The van der Waals surface area contributed by atoms with Gasteiger partial charge in [-0.05, 0) is 147 Å². The molecule has 0 aliphatic heterocycles. The van der Waals surface area contributed by atoms with Gasteiger partial charge in [-0.1, -0.05) is 251 Å². The number of benzene rings is 12. The molecule has 0 heterocycles. The van der Waals surface area contributed by atoms with E-state index in [1.807, 2.05) is 127 Å². The van der Waals surface area contributed by atoms with Gasteiger partial charge in [0.1, 0.15) is 0 Å². The van der Waals surface area contributed by atoms with Crippen molar-refractivity contribution in [2.24, 2.45) is 0 Å². The Morgan fingerprint density at radius 1 is 0.296 bits per heavy atom. The lowest BCUT2D eigenvalue weighted by Gasteiger charge is -2.19. The van der Waals surface area contributed by atoms with Crippen molar-refractivity contribution in [1.82, 2.24) is 0 Å². The Morgan fingerprint density at radius 2 is 0.606 bits per heavy atom. The van der Waals surface area contributed by atoms with Crippen LogP contribution >= 0.6 is 63.1 Å². The number of hydrogen-bond acceptors (Lipinski definition) is 2. The molecule has 0 radical (unpaired) electrons. The number of halogens is 4. The Kier molecular flexibility index (Phi) is 15.8. The third-order valence-corrected chi connectivity index (χ3v) is 13.5. The molecule has 346 valence electrons. The Hall–Kier alpha value is -6.55. The van der Waals surface area contributed by atoms with Crippen molar-refractivity contribution in [2.45, 2.75) is 0 Å². The number of rotatable bonds is 6. The maximum absolute atomic E-state index is 10.1. The van der Waals surface area contributed by atoms with Gasteiger partial charge in [-0.25, -0.2) is 0 Å². The number of fused-ring (bicyclic) bond motifs is 6. The quantitative estimate of drug-likeness (QED) is 0.0990. The number of hydrogen-bond donors (Lipinski definition) is 2. The topological polar surface area (TPSA) is 40.5 Å². The van der Waals surface area contributed by atoms with Crippen LogP contribution in [0.4, 0.5) is 0 Å². The fourth-order valence-corrected chi connectivity index (χ4v) is 10.3. The van der Waals surface area contributed by atoms with Gasteiger partial charge in [-0.3, -0.25) is 0 Å². The zero-order valence-corrected chi connectivity index (χ0v) is 43.7. The third-order valence-electron chi connectivity index (χ3n) is 12.6. The summed E-state index contributed by atoms with van der Waals surface area (Å²) in [5.74, 6) is 0. The first-order valence-corrected chi connectivity index (χ1v) is 24.6. The van der Waals surface area contributed by atoms with Crippen molar-refractivity contribution in [2.75, 3.05) is 0 Å². The van der Waals surface area contributed by atoms with E-state index < -0.39 is 7.12 Å². The van der Waals surface area contributed by atoms with Gasteiger partial charge in [0.2, 0.25) is 0 Å². The maximum Gasteiger partial charge on any atom is 0.489 e. The van der Waals surface area contributed by atoms with Gasteiger partial charge in [0.05, 0.1) is 0 Å². The Bertz CT molecular complexity index is 3780. The van der Waals surface area contributed by atoms with E-state index in [2.05, 4.69) is 143 Å². The lowest BCUT2D eigenvalue weighted by Crippen LogP contribution is -2.32. The zero-order chi connectivity index (χ0) is 48.0. The second-order valence-corrected chi connectivity index (χ2v) is 18.7. The predicted octanol–water partition coefficient (Wildman–Crippen LogP) is 18.6. The molecule has 0 aliphatic carbocycles. The highest BCUT2D eigenvalue weighted by atomic mass is 127. The minimum atomic E-state index is -1.53. The first-order valence-electron chi connectivity index (χ1n) is 23.0. The van der Waals surface area contributed by atoms with Crippen LogP contribution < -0.4 is 5.46 Å². The van der Waals surface area contributed by atoms with Crippen LogP contribution in [0.25, 0.3) is 98.7 Å². The van der Waals surface area contributed by atoms with Gasteiger partial charge in [0, 0.05) is 15.9 Å². The highest BCUT2D eigenvalue weighted by molar-refractivity contribution is 14.0. The summed E-state index contributed by atoms with van der Waals surface area (Å²) in [6.45, 7) is 0. The van der Waals surface area contributed by atoms with Crippen LogP contribution in [0.3, 0.4) is 0 Å². The van der Waals surface area contributed by atoms with Gasteiger partial charge in [0.15, 0.2) is 0 Å². The molecule has 0 amide bonds. The predicted molar refractivity (Wildman–Crippen MR) is 322 cm³/mol. The summed E-state index contributed by atoms with van der Waals surface area (Å²) < 4.78 is 1.08. The second-order valence-electron chi connectivity index (χ2n) is 16.9. The summed E-state index contributed by atoms with van der Waals surface area (Å²) in [7, 11) is -1.53. The molecule has 12 aromatic carbocycles. The van der Waals surface area contributed by atoms with Crippen LogP contribution in [0.15, 0.2) is 259 Å². The normalized spacial score (nSPS) is 10.8. The van der Waals surface area contributed by atoms with E-state index in [0.717, 1.165) is 63.9 Å². The average molecular weight is 1140 g/mol. The molecule has 0 bridgehead atoms. The van der Waals surface area contributed by atoms with Crippen molar-refractivity contribution < 1.29 is 11.5 Å². The summed E-state index contributed by atoms with van der Waals surface area (Å²) in [6.07, 6.45) is 0. The van der Waals surface area contributed by atoms with Gasteiger partial charge < -0.3 is 10.0 Å². The summed E-state index contributed by atoms with van der Waals surface area (Å²) in [5.41, 5.74) is 12.0. The van der Waals surface area contributed by atoms with Crippen molar-refractivity contribution in [3.05, 3.63) is 269 Å². The largest absolute Gasteiger partial charge is 0.489 e. The van der Waals surface area contributed by atoms with E-state index in [0.29, 0.717) is 5.46 Å². The van der Waals surface area contributed by atoms with E-state index in [1.54, 1.807) is 0 Å². The molecular weight excluding hydrogens is 1090 g/mol. The first-order chi connectivity index (χ1) is 34.3. The van der Waals surface area contributed by atoms with Crippen LogP contribution in [0, 0.1) is 0 Å². The van der Waals surface area contributed by atoms with E-state index in [9.17, 15) is 10.0 Å². The molecular formula is C64H47BBrCl2IO2. The van der Waals surface area contributed by atoms with Gasteiger partial charge in [-0.15, -0.1) is 24.0 Å². The van der Waals surface area contributed by atoms with Gasteiger partial charge in [0.25, 0.3) is 0 Å². The second kappa shape index (κ2) is 22.7. The lowest BCUT2D eigenvalue weighted by molar-refractivity contribution is 0.426. The molecule has 0 aromatic heterocycles. The highest BCUT2D eigenvalue weighted by Gasteiger charge is 2.24. The van der Waals surface area contributed by atoms with E-state index in [1.165, 1.54) is 49.4 Å². The maximum atomic E-state index is 10.1. The molecule has 0 fully saturated rings. The van der Waals surface area contributed by atoms with Crippen LogP contribution in [0.1, 0.15) is 1.43 Å². The van der Waals surface area contributed by atoms with Crippen LogP contribution in [-0.2, 0) is 0 Å². The van der Waals surface area contributed by atoms with E-state index in [-0.39, 0.29) is 25.4 Å². The Balaban J connectivity index is 0.000000155. The Morgan fingerprint density at radius 3 is 1.06 bits per heavy atom.